The first-order valence-electron chi connectivity index (χ1n) is 11.3. The van der Waals surface area contributed by atoms with E-state index >= 15 is 0 Å². The number of nitrogens with zero attached hydrogens (tertiary/aromatic N) is 7. The summed E-state index contributed by atoms with van der Waals surface area (Å²) in [5.74, 6) is -0.559. The molecule has 14 heteroatoms. The largest absolute Gasteiger partial charge is 0.492 e. The van der Waals surface area contributed by atoms with Crippen molar-refractivity contribution in [1.29, 1.82) is 0 Å². The number of methoxy groups -OCH3 is 1. The molecule has 5 rings (SSSR count). The number of hydrogen-bond acceptors (Lipinski definition) is 10. The smallest absolute Gasteiger partial charge is 0.265 e. The van der Waals surface area contributed by atoms with Crippen LogP contribution < -0.4 is 21.1 Å². The molecule has 5 heterocycles. The minimum Gasteiger partial charge on any atom is -0.492 e. The Hall–Kier alpha value is -4.04. The van der Waals surface area contributed by atoms with E-state index in [2.05, 4.69) is 24.9 Å². The number of halogens is 3. The molecule has 5 N–H and O–H groups in total. The van der Waals surface area contributed by atoms with Crippen LogP contribution in [0.4, 0.5) is 24.7 Å². The van der Waals surface area contributed by atoms with Crippen LogP contribution >= 0.6 is 0 Å². The number of rotatable bonds is 7. The van der Waals surface area contributed by atoms with Crippen LogP contribution in [0.25, 0.3) is 22.6 Å². The third-order valence-corrected chi connectivity index (χ3v) is 6.53. The molecule has 0 aromatic carbocycles. The number of aliphatic hydroxyl groups is 1. The van der Waals surface area contributed by atoms with Gasteiger partial charge in [0.25, 0.3) is 12.4 Å². The van der Waals surface area contributed by atoms with Crippen molar-refractivity contribution < 1.29 is 23.0 Å². The Balaban J connectivity index is 1.56. The summed E-state index contributed by atoms with van der Waals surface area (Å²) >= 11 is 0. The predicted molar refractivity (Wildman–Crippen MR) is 129 cm³/mol. The Morgan fingerprint density at radius 1 is 1.19 bits per heavy atom. The number of hydrogen-bond donors (Lipinski definition) is 3. The Kier molecular flexibility index (Phi) is 6.29. The Morgan fingerprint density at radius 2 is 2.00 bits per heavy atom. The number of aromatic nitrogens is 6. The summed E-state index contributed by atoms with van der Waals surface area (Å²) in [5, 5.41) is 10.0. The van der Waals surface area contributed by atoms with E-state index in [4.69, 9.17) is 16.2 Å². The molecule has 2 atom stereocenters. The molecule has 0 radical (unpaired) electrons. The molecule has 1 aliphatic rings. The average Bonchev–Trinajstić information content (AvgIpc) is 3.48. The molecular formula is C23H24F3N9O2. The number of aliphatic hydroxyl groups excluding tert-OH is 1. The summed E-state index contributed by atoms with van der Waals surface area (Å²) in [6.45, 7) is 0.549. The van der Waals surface area contributed by atoms with Crippen LogP contribution in [0.5, 0.6) is 5.75 Å². The van der Waals surface area contributed by atoms with Crippen molar-refractivity contribution in [2.24, 2.45) is 5.73 Å². The summed E-state index contributed by atoms with van der Waals surface area (Å²) in [5.41, 5.74) is 13.5. The minimum absolute atomic E-state index is 0.00306. The highest BCUT2D eigenvalue weighted by Crippen LogP contribution is 2.34. The van der Waals surface area contributed by atoms with Gasteiger partial charge in [0.2, 0.25) is 0 Å². The highest BCUT2D eigenvalue weighted by atomic mass is 19.3. The Bertz CT molecular complexity index is 1450. The van der Waals surface area contributed by atoms with Crippen LogP contribution in [0.15, 0.2) is 37.1 Å². The van der Waals surface area contributed by atoms with Gasteiger partial charge < -0.3 is 30.8 Å². The topological polar surface area (TPSA) is 154 Å². The van der Waals surface area contributed by atoms with Gasteiger partial charge in [0, 0.05) is 13.1 Å². The summed E-state index contributed by atoms with van der Waals surface area (Å²) in [6.07, 6.45) is -0.350. The lowest BCUT2D eigenvalue weighted by atomic mass is 9.93. The lowest BCUT2D eigenvalue weighted by Crippen LogP contribution is -2.55. The van der Waals surface area contributed by atoms with Gasteiger partial charge in [-0.25, -0.2) is 28.7 Å². The first-order chi connectivity index (χ1) is 17.7. The molecule has 0 aliphatic carbocycles. The van der Waals surface area contributed by atoms with Crippen LogP contribution in [0.1, 0.15) is 12.0 Å². The fourth-order valence-corrected chi connectivity index (χ4v) is 4.51. The molecule has 37 heavy (non-hydrogen) atoms. The molecule has 4 aromatic heterocycles. The summed E-state index contributed by atoms with van der Waals surface area (Å²) in [7, 11) is 1.34. The number of anilines is 2. The number of fused-ring (bicyclic) bond motifs is 1. The van der Waals surface area contributed by atoms with Crippen LogP contribution in [0, 0.1) is 5.95 Å². The maximum atomic E-state index is 14.3. The molecule has 0 spiro atoms. The van der Waals surface area contributed by atoms with Crippen molar-refractivity contribution in [3.8, 4) is 17.1 Å². The molecule has 1 fully saturated rings. The zero-order valence-corrected chi connectivity index (χ0v) is 19.7. The predicted octanol–water partition coefficient (Wildman–Crippen LogP) is 1.60. The van der Waals surface area contributed by atoms with E-state index in [0.717, 1.165) is 0 Å². The number of nitrogens with two attached hydrogens (primary N) is 2. The molecule has 0 amide bonds. The van der Waals surface area contributed by atoms with E-state index in [-0.39, 0.29) is 36.8 Å². The standard InChI is InChI=1S/C23H24F3N9O2/c1-37-16-3-2-13(33-20(16)26)14-6-12(8-35-11-32-17-21(27)30-10-31-22(17)35)15(7-29-14)34-5-4-23(28,9-34)18(36)19(24)25/h2-3,6-7,10-11,18-19,36H,4-5,8-9,28H2,1H3,(H2,27,30,31)/t18-,23-/m1/s1. The van der Waals surface area contributed by atoms with Crippen molar-refractivity contribution >= 4 is 22.7 Å². The van der Waals surface area contributed by atoms with Crippen molar-refractivity contribution in [3.63, 3.8) is 0 Å². The molecular weight excluding hydrogens is 491 g/mol. The van der Waals surface area contributed by atoms with E-state index in [1.54, 1.807) is 34.1 Å². The minimum atomic E-state index is -2.97. The second kappa shape index (κ2) is 9.44. The van der Waals surface area contributed by atoms with Crippen LogP contribution in [0.3, 0.4) is 0 Å². The number of imidazole rings is 1. The van der Waals surface area contributed by atoms with E-state index in [9.17, 15) is 18.3 Å². The molecule has 0 saturated carbocycles. The van der Waals surface area contributed by atoms with Gasteiger partial charge in [0.05, 0.1) is 48.8 Å². The fraction of sp³-hybridized carbons (Fsp3) is 0.348. The van der Waals surface area contributed by atoms with E-state index in [1.165, 1.54) is 19.5 Å². The van der Waals surface area contributed by atoms with Crippen molar-refractivity contribution in [2.45, 2.75) is 31.0 Å². The van der Waals surface area contributed by atoms with Gasteiger partial charge in [-0.05, 0) is 30.2 Å². The van der Waals surface area contributed by atoms with Gasteiger partial charge in [-0.1, -0.05) is 0 Å². The molecule has 11 nitrogen and oxygen atoms in total. The molecule has 1 aliphatic heterocycles. The first kappa shape index (κ1) is 24.6. The number of ether oxygens (including phenoxy) is 1. The second-order valence-corrected chi connectivity index (χ2v) is 8.88. The molecule has 4 aromatic rings. The maximum absolute atomic E-state index is 14.3. The normalized spacial score (nSPS) is 18.6. The average molecular weight is 516 g/mol. The Morgan fingerprint density at radius 3 is 2.73 bits per heavy atom. The van der Waals surface area contributed by atoms with Gasteiger partial charge in [-0.15, -0.1) is 0 Å². The quantitative estimate of drug-likeness (QED) is 0.309. The van der Waals surface area contributed by atoms with Gasteiger partial charge >= 0.3 is 0 Å². The number of nitrogen functional groups attached to an aromatic ring is 1. The zero-order valence-electron chi connectivity index (χ0n) is 19.7. The van der Waals surface area contributed by atoms with Crippen molar-refractivity contribution in [1.82, 2.24) is 29.5 Å². The highest BCUT2D eigenvalue weighted by molar-refractivity contribution is 5.81. The van der Waals surface area contributed by atoms with Gasteiger partial charge in [0.15, 0.2) is 17.2 Å². The maximum Gasteiger partial charge on any atom is 0.265 e. The van der Waals surface area contributed by atoms with Crippen LogP contribution in [-0.4, -0.2) is 72.9 Å². The summed E-state index contributed by atoms with van der Waals surface area (Å²) in [4.78, 5) is 22.7. The van der Waals surface area contributed by atoms with E-state index in [0.29, 0.717) is 34.7 Å². The zero-order chi connectivity index (χ0) is 26.3. The number of alkyl halides is 2. The SMILES string of the molecule is COc1ccc(-c2cc(Cn3cnc4c(N)ncnc43)c(N3CC[C@](N)([C@H](O)C(F)F)C3)cn2)nc1F. The van der Waals surface area contributed by atoms with Crippen molar-refractivity contribution in [3.05, 3.63) is 48.6 Å². The monoisotopic (exact) mass is 515 g/mol. The fourth-order valence-electron chi connectivity index (χ4n) is 4.51. The molecule has 0 bridgehead atoms. The highest BCUT2D eigenvalue weighted by Gasteiger charge is 2.45. The molecule has 0 unspecified atom stereocenters. The molecule has 1 saturated heterocycles. The van der Waals surface area contributed by atoms with Crippen LogP contribution in [0.2, 0.25) is 0 Å². The Labute approximate surface area is 209 Å². The lowest BCUT2D eigenvalue weighted by molar-refractivity contribution is -0.0438. The third-order valence-electron chi connectivity index (χ3n) is 6.53. The van der Waals surface area contributed by atoms with E-state index in [1.807, 2.05) is 0 Å². The van der Waals surface area contributed by atoms with Gasteiger partial charge in [0.1, 0.15) is 17.9 Å². The summed E-state index contributed by atoms with van der Waals surface area (Å²) in [6, 6.07) is 4.75. The summed E-state index contributed by atoms with van der Waals surface area (Å²) < 4.78 is 47.5. The molecule has 194 valence electrons. The van der Waals surface area contributed by atoms with Gasteiger partial charge in [-0.2, -0.15) is 4.39 Å². The second-order valence-electron chi connectivity index (χ2n) is 8.88. The van der Waals surface area contributed by atoms with Crippen molar-refractivity contribution in [2.75, 3.05) is 30.8 Å². The van der Waals surface area contributed by atoms with E-state index < -0.39 is 24.0 Å². The first-order valence-corrected chi connectivity index (χ1v) is 11.3. The third kappa shape index (κ3) is 4.49. The van der Waals surface area contributed by atoms with Gasteiger partial charge in [-0.3, -0.25) is 4.98 Å². The lowest BCUT2D eigenvalue weighted by Gasteiger charge is -2.30. The number of pyridine rings is 2. The van der Waals surface area contributed by atoms with Crippen LogP contribution in [-0.2, 0) is 6.54 Å².